The molecule has 0 radical (unpaired) electrons. The maximum Gasteiger partial charge on any atom is 0.325 e. The van der Waals surface area contributed by atoms with E-state index < -0.39 is 12.1 Å². The second kappa shape index (κ2) is 8.75. The molecule has 1 heterocycles. The molecule has 7 nitrogen and oxygen atoms in total. The van der Waals surface area contributed by atoms with Gasteiger partial charge in [-0.25, -0.2) is 4.79 Å². The fraction of sp³-hybridized carbons (Fsp3) is 0.333. The van der Waals surface area contributed by atoms with Crippen molar-refractivity contribution in [3.05, 3.63) is 53.6 Å². The predicted molar refractivity (Wildman–Crippen MR) is 107 cm³/mol. The van der Waals surface area contributed by atoms with Crippen molar-refractivity contribution in [3.63, 3.8) is 0 Å². The zero-order valence-corrected chi connectivity index (χ0v) is 16.3. The van der Waals surface area contributed by atoms with Crippen molar-refractivity contribution in [3.8, 4) is 11.5 Å². The lowest BCUT2D eigenvalue weighted by atomic mass is 10.1. The van der Waals surface area contributed by atoms with Gasteiger partial charge in [-0.15, -0.1) is 0 Å². The van der Waals surface area contributed by atoms with Crippen LogP contribution in [-0.4, -0.2) is 43.1 Å². The number of fused-ring (bicyclic) bond motifs is 1. The third-order valence-electron chi connectivity index (χ3n) is 4.76. The molecule has 0 fully saturated rings. The first kappa shape index (κ1) is 19.7. The fourth-order valence-corrected chi connectivity index (χ4v) is 2.89. The molecule has 0 saturated heterocycles. The Morgan fingerprint density at radius 3 is 2.57 bits per heavy atom. The number of urea groups is 1. The summed E-state index contributed by atoms with van der Waals surface area (Å²) < 4.78 is 10.9. The molecule has 28 heavy (non-hydrogen) atoms. The number of benzene rings is 2. The zero-order valence-electron chi connectivity index (χ0n) is 16.3. The Bertz CT molecular complexity index is 868. The van der Waals surface area contributed by atoms with Crippen molar-refractivity contribution < 1.29 is 19.1 Å². The second-order valence-electron chi connectivity index (χ2n) is 6.82. The van der Waals surface area contributed by atoms with Crippen LogP contribution < -0.4 is 20.1 Å². The first-order valence-electron chi connectivity index (χ1n) is 9.20. The van der Waals surface area contributed by atoms with Crippen LogP contribution in [0.4, 0.5) is 10.5 Å². The standard InChI is InChI=1S/C21H25N3O4/c1-14-6-4-5-7-16(14)13-24(3)15(2)20(25)23-21(26)22-17-8-9-18-19(12-17)28-11-10-27-18/h4-9,12,15H,10-11,13H2,1-3H3,(H2,22,23,25,26). The van der Waals surface area contributed by atoms with E-state index in [1.165, 1.54) is 5.56 Å². The largest absolute Gasteiger partial charge is 0.486 e. The van der Waals surface area contributed by atoms with Crippen LogP contribution in [0.5, 0.6) is 11.5 Å². The van der Waals surface area contributed by atoms with Crippen LogP contribution in [0.1, 0.15) is 18.1 Å². The van der Waals surface area contributed by atoms with Gasteiger partial charge in [0.25, 0.3) is 0 Å². The van der Waals surface area contributed by atoms with E-state index in [0.29, 0.717) is 36.9 Å². The molecular weight excluding hydrogens is 358 g/mol. The van der Waals surface area contributed by atoms with Crippen molar-refractivity contribution in [2.75, 3.05) is 25.6 Å². The molecule has 7 heteroatoms. The van der Waals surface area contributed by atoms with Gasteiger partial charge in [0.2, 0.25) is 5.91 Å². The first-order chi connectivity index (χ1) is 13.4. The highest BCUT2D eigenvalue weighted by molar-refractivity contribution is 6.02. The average Bonchev–Trinajstić information content (AvgIpc) is 2.68. The molecule has 0 bridgehead atoms. The number of hydrogen-bond donors (Lipinski definition) is 2. The fourth-order valence-electron chi connectivity index (χ4n) is 2.89. The Balaban J connectivity index is 1.54. The van der Waals surface area contributed by atoms with E-state index in [1.807, 2.05) is 43.1 Å². The minimum atomic E-state index is -0.585. The summed E-state index contributed by atoms with van der Waals surface area (Å²) in [5.74, 6) is 0.840. The van der Waals surface area contributed by atoms with Crippen molar-refractivity contribution in [2.24, 2.45) is 0 Å². The molecule has 0 saturated carbocycles. The normalized spacial score (nSPS) is 13.7. The second-order valence-corrected chi connectivity index (χ2v) is 6.82. The first-order valence-corrected chi connectivity index (χ1v) is 9.20. The number of carbonyl (C=O) groups excluding carboxylic acids is 2. The number of ether oxygens (including phenoxy) is 2. The van der Waals surface area contributed by atoms with Crippen LogP contribution in [-0.2, 0) is 11.3 Å². The topological polar surface area (TPSA) is 79.9 Å². The lowest BCUT2D eigenvalue weighted by molar-refractivity contribution is -0.124. The van der Waals surface area contributed by atoms with E-state index in [1.54, 1.807) is 25.1 Å². The highest BCUT2D eigenvalue weighted by atomic mass is 16.6. The Morgan fingerprint density at radius 1 is 1.11 bits per heavy atom. The molecule has 1 unspecified atom stereocenters. The summed E-state index contributed by atoms with van der Waals surface area (Å²) in [6.07, 6.45) is 0. The van der Waals surface area contributed by atoms with Gasteiger partial charge < -0.3 is 14.8 Å². The monoisotopic (exact) mass is 383 g/mol. The van der Waals surface area contributed by atoms with E-state index in [-0.39, 0.29) is 5.91 Å². The molecule has 1 aliphatic rings. The summed E-state index contributed by atoms with van der Waals surface area (Å²) in [6.45, 7) is 5.39. The SMILES string of the molecule is Cc1ccccc1CN(C)C(C)C(=O)NC(=O)Nc1ccc2c(c1)OCCO2. The summed E-state index contributed by atoms with van der Waals surface area (Å²) >= 11 is 0. The minimum Gasteiger partial charge on any atom is -0.486 e. The van der Waals surface area contributed by atoms with Crippen LogP contribution >= 0.6 is 0 Å². The predicted octanol–water partition coefficient (Wildman–Crippen LogP) is 2.93. The number of amides is 3. The van der Waals surface area contributed by atoms with Gasteiger partial charge in [0, 0.05) is 18.3 Å². The van der Waals surface area contributed by atoms with Crippen molar-refractivity contribution in [2.45, 2.75) is 26.4 Å². The number of nitrogens with zero attached hydrogens (tertiary/aromatic N) is 1. The Labute approximate surface area is 164 Å². The molecule has 1 atom stereocenters. The lowest BCUT2D eigenvalue weighted by Gasteiger charge is -2.24. The Hall–Kier alpha value is -3.06. The summed E-state index contributed by atoms with van der Waals surface area (Å²) in [6, 6.07) is 12.1. The van der Waals surface area contributed by atoms with E-state index in [0.717, 1.165) is 5.56 Å². The molecule has 3 rings (SSSR count). The number of likely N-dealkylation sites (N-methyl/N-ethyl adjacent to an activating group) is 1. The van der Waals surface area contributed by atoms with Gasteiger partial charge >= 0.3 is 6.03 Å². The van der Waals surface area contributed by atoms with Gasteiger partial charge in [0.05, 0.1) is 6.04 Å². The van der Waals surface area contributed by atoms with E-state index in [4.69, 9.17) is 9.47 Å². The number of anilines is 1. The molecule has 0 aromatic heterocycles. The van der Waals surface area contributed by atoms with E-state index >= 15 is 0 Å². The molecule has 0 spiro atoms. The lowest BCUT2D eigenvalue weighted by Crippen LogP contribution is -2.46. The van der Waals surface area contributed by atoms with Crippen LogP contribution in [0, 0.1) is 6.92 Å². The van der Waals surface area contributed by atoms with Gasteiger partial charge in [0.15, 0.2) is 11.5 Å². The third kappa shape index (κ3) is 4.80. The number of hydrogen-bond acceptors (Lipinski definition) is 5. The van der Waals surface area contributed by atoms with Gasteiger partial charge in [-0.2, -0.15) is 0 Å². The molecule has 2 N–H and O–H groups in total. The Kier molecular flexibility index (Phi) is 6.16. The van der Waals surface area contributed by atoms with Crippen LogP contribution in [0.3, 0.4) is 0 Å². The summed E-state index contributed by atoms with van der Waals surface area (Å²) in [4.78, 5) is 26.5. The van der Waals surface area contributed by atoms with Crippen molar-refractivity contribution >= 4 is 17.6 Å². The van der Waals surface area contributed by atoms with Crippen molar-refractivity contribution in [1.29, 1.82) is 0 Å². The van der Waals surface area contributed by atoms with Gasteiger partial charge in [-0.3, -0.25) is 15.0 Å². The molecule has 1 aliphatic heterocycles. The van der Waals surface area contributed by atoms with Crippen LogP contribution in [0.15, 0.2) is 42.5 Å². The van der Waals surface area contributed by atoms with Gasteiger partial charge in [0.1, 0.15) is 13.2 Å². The molecular formula is C21H25N3O4. The minimum absolute atomic E-state index is 0.369. The number of carbonyl (C=O) groups is 2. The molecule has 148 valence electrons. The maximum absolute atomic E-state index is 12.4. The summed E-state index contributed by atoms with van der Waals surface area (Å²) in [5.41, 5.74) is 2.83. The van der Waals surface area contributed by atoms with E-state index in [9.17, 15) is 9.59 Å². The zero-order chi connectivity index (χ0) is 20.1. The number of aryl methyl sites for hydroxylation is 1. The number of nitrogens with one attached hydrogen (secondary N) is 2. The van der Waals surface area contributed by atoms with Crippen LogP contribution in [0.2, 0.25) is 0 Å². The Morgan fingerprint density at radius 2 is 1.82 bits per heavy atom. The molecule has 0 aliphatic carbocycles. The smallest absolute Gasteiger partial charge is 0.325 e. The summed E-state index contributed by atoms with van der Waals surface area (Å²) in [5, 5.41) is 5.04. The molecule has 2 aromatic carbocycles. The average molecular weight is 383 g/mol. The highest BCUT2D eigenvalue weighted by Gasteiger charge is 2.21. The van der Waals surface area contributed by atoms with Crippen molar-refractivity contribution in [1.82, 2.24) is 10.2 Å². The van der Waals surface area contributed by atoms with Gasteiger partial charge in [-0.05, 0) is 44.2 Å². The maximum atomic E-state index is 12.4. The molecule has 3 amide bonds. The summed E-state index contributed by atoms with van der Waals surface area (Å²) in [7, 11) is 1.86. The van der Waals surface area contributed by atoms with E-state index in [2.05, 4.69) is 10.6 Å². The quantitative estimate of drug-likeness (QED) is 0.830. The number of rotatable bonds is 5. The molecule has 2 aromatic rings. The highest BCUT2D eigenvalue weighted by Crippen LogP contribution is 2.32. The number of imide groups is 1. The van der Waals surface area contributed by atoms with Crippen LogP contribution in [0.25, 0.3) is 0 Å². The third-order valence-corrected chi connectivity index (χ3v) is 4.76. The van der Waals surface area contributed by atoms with Gasteiger partial charge in [-0.1, -0.05) is 24.3 Å².